The highest BCUT2D eigenvalue weighted by Crippen LogP contribution is 2.19. The predicted octanol–water partition coefficient (Wildman–Crippen LogP) is 1.52. The van der Waals surface area contributed by atoms with E-state index in [4.69, 9.17) is 5.11 Å². The Morgan fingerprint density at radius 1 is 1.42 bits per heavy atom. The van der Waals surface area contributed by atoms with E-state index in [1.807, 2.05) is 6.92 Å². The second-order valence-corrected chi connectivity index (χ2v) is 5.35. The SMILES string of the molecule is CCCC[C@H](NC(=O)C1CC(CC)CCN1)C(=O)O. The van der Waals surface area contributed by atoms with E-state index in [1.165, 1.54) is 0 Å². The maximum absolute atomic E-state index is 12.1. The van der Waals surface area contributed by atoms with Gasteiger partial charge in [-0.05, 0) is 31.7 Å². The Balaban J connectivity index is 2.48. The number of carbonyl (C=O) groups is 2. The summed E-state index contributed by atoms with van der Waals surface area (Å²) in [5.74, 6) is -0.540. The lowest BCUT2D eigenvalue weighted by Gasteiger charge is -2.29. The monoisotopic (exact) mass is 270 g/mol. The van der Waals surface area contributed by atoms with Gasteiger partial charge in [0.2, 0.25) is 5.91 Å². The van der Waals surface area contributed by atoms with E-state index < -0.39 is 12.0 Å². The molecule has 0 radical (unpaired) electrons. The molecule has 5 heteroatoms. The van der Waals surface area contributed by atoms with Gasteiger partial charge in [-0.25, -0.2) is 4.79 Å². The van der Waals surface area contributed by atoms with Gasteiger partial charge in [-0.1, -0.05) is 33.1 Å². The molecule has 3 atom stereocenters. The van der Waals surface area contributed by atoms with Crippen LogP contribution in [0.5, 0.6) is 0 Å². The fraction of sp³-hybridized carbons (Fsp3) is 0.857. The molecule has 1 saturated heterocycles. The number of carboxylic acid groups (broad SMARTS) is 1. The van der Waals surface area contributed by atoms with Crippen LogP contribution in [-0.4, -0.2) is 35.6 Å². The molecule has 0 aromatic heterocycles. The first kappa shape index (κ1) is 16.0. The molecule has 110 valence electrons. The van der Waals surface area contributed by atoms with Crippen molar-refractivity contribution in [3.05, 3.63) is 0 Å². The summed E-state index contributed by atoms with van der Waals surface area (Å²) in [5, 5.41) is 15.0. The van der Waals surface area contributed by atoms with Gasteiger partial charge < -0.3 is 15.7 Å². The van der Waals surface area contributed by atoms with Gasteiger partial charge in [0.1, 0.15) is 6.04 Å². The number of carbonyl (C=O) groups excluding carboxylic acids is 1. The van der Waals surface area contributed by atoms with Crippen LogP contribution < -0.4 is 10.6 Å². The highest BCUT2D eigenvalue weighted by molar-refractivity contribution is 5.87. The molecule has 3 N–H and O–H groups in total. The third-order valence-corrected chi connectivity index (χ3v) is 3.87. The zero-order valence-electron chi connectivity index (χ0n) is 11.9. The highest BCUT2D eigenvalue weighted by Gasteiger charge is 2.28. The Bertz CT molecular complexity index is 307. The molecule has 0 aromatic carbocycles. The van der Waals surface area contributed by atoms with Gasteiger partial charge in [-0.2, -0.15) is 0 Å². The number of hydrogen-bond acceptors (Lipinski definition) is 3. The van der Waals surface area contributed by atoms with Gasteiger partial charge in [-0.15, -0.1) is 0 Å². The average molecular weight is 270 g/mol. The van der Waals surface area contributed by atoms with E-state index in [9.17, 15) is 9.59 Å². The minimum absolute atomic E-state index is 0.165. The summed E-state index contributed by atoms with van der Waals surface area (Å²) >= 11 is 0. The van der Waals surface area contributed by atoms with Crippen LogP contribution in [0.25, 0.3) is 0 Å². The number of piperidine rings is 1. The Hall–Kier alpha value is -1.10. The zero-order valence-corrected chi connectivity index (χ0v) is 11.9. The summed E-state index contributed by atoms with van der Waals surface area (Å²) in [5.41, 5.74) is 0. The van der Waals surface area contributed by atoms with E-state index in [1.54, 1.807) is 0 Å². The lowest BCUT2D eigenvalue weighted by molar-refractivity contribution is -0.142. The Morgan fingerprint density at radius 3 is 2.74 bits per heavy atom. The molecule has 1 aliphatic rings. The molecule has 1 fully saturated rings. The van der Waals surface area contributed by atoms with Gasteiger partial charge >= 0.3 is 5.97 Å². The number of carboxylic acids is 1. The van der Waals surface area contributed by atoms with Gasteiger partial charge in [0.05, 0.1) is 6.04 Å². The van der Waals surface area contributed by atoms with Crippen molar-refractivity contribution >= 4 is 11.9 Å². The number of unbranched alkanes of at least 4 members (excludes halogenated alkanes) is 1. The van der Waals surface area contributed by atoms with Crippen LogP contribution in [0.4, 0.5) is 0 Å². The number of nitrogens with one attached hydrogen (secondary N) is 2. The normalized spacial score (nSPS) is 24.7. The van der Waals surface area contributed by atoms with Crippen LogP contribution in [0.2, 0.25) is 0 Å². The highest BCUT2D eigenvalue weighted by atomic mass is 16.4. The molecular weight excluding hydrogens is 244 g/mol. The topological polar surface area (TPSA) is 78.4 Å². The van der Waals surface area contributed by atoms with E-state index in [0.29, 0.717) is 12.3 Å². The lowest BCUT2D eigenvalue weighted by Crippen LogP contribution is -2.52. The first-order valence-corrected chi connectivity index (χ1v) is 7.35. The number of aliphatic carboxylic acids is 1. The third-order valence-electron chi connectivity index (χ3n) is 3.87. The van der Waals surface area contributed by atoms with E-state index in [-0.39, 0.29) is 11.9 Å². The van der Waals surface area contributed by atoms with Crippen LogP contribution in [0.15, 0.2) is 0 Å². The maximum Gasteiger partial charge on any atom is 0.326 e. The van der Waals surface area contributed by atoms with Crippen molar-refractivity contribution in [3.8, 4) is 0 Å². The molecule has 2 unspecified atom stereocenters. The van der Waals surface area contributed by atoms with Crippen molar-refractivity contribution in [1.82, 2.24) is 10.6 Å². The van der Waals surface area contributed by atoms with E-state index in [2.05, 4.69) is 17.6 Å². The molecule has 0 aliphatic carbocycles. The van der Waals surface area contributed by atoms with Crippen molar-refractivity contribution in [2.75, 3.05) is 6.54 Å². The Kier molecular flexibility index (Phi) is 6.84. The molecule has 1 aliphatic heterocycles. The maximum atomic E-state index is 12.1. The molecule has 0 aromatic rings. The summed E-state index contributed by atoms with van der Waals surface area (Å²) < 4.78 is 0. The number of amides is 1. The van der Waals surface area contributed by atoms with Crippen LogP contribution >= 0.6 is 0 Å². The van der Waals surface area contributed by atoms with Crippen molar-refractivity contribution in [3.63, 3.8) is 0 Å². The number of rotatable bonds is 7. The van der Waals surface area contributed by atoms with Crippen LogP contribution in [0, 0.1) is 5.92 Å². The van der Waals surface area contributed by atoms with E-state index in [0.717, 1.165) is 38.6 Å². The van der Waals surface area contributed by atoms with Crippen LogP contribution in [0.1, 0.15) is 52.4 Å². The Labute approximate surface area is 115 Å². The molecule has 19 heavy (non-hydrogen) atoms. The fourth-order valence-corrected chi connectivity index (χ4v) is 2.50. The second-order valence-electron chi connectivity index (χ2n) is 5.35. The quantitative estimate of drug-likeness (QED) is 0.655. The van der Waals surface area contributed by atoms with Gasteiger partial charge in [0, 0.05) is 0 Å². The Morgan fingerprint density at radius 2 is 2.16 bits per heavy atom. The van der Waals surface area contributed by atoms with Crippen molar-refractivity contribution < 1.29 is 14.7 Å². The largest absolute Gasteiger partial charge is 0.480 e. The third kappa shape index (κ3) is 5.19. The molecular formula is C14H26N2O3. The minimum Gasteiger partial charge on any atom is -0.480 e. The van der Waals surface area contributed by atoms with Gasteiger partial charge in [-0.3, -0.25) is 4.79 Å². The summed E-state index contributed by atoms with van der Waals surface area (Å²) in [6.45, 7) is 4.98. The summed E-state index contributed by atoms with van der Waals surface area (Å²) in [6, 6.07) is -0.988. The molecule has 1 amide bonds. The minimum atomic E-state index is -0.940. The fourth-order valence-electron chi connectivity index (χ4n) is 2.50. The zero-order chi connectivity index (χ0) is 14.3. The van der Waals surface area contributed by atoms with Crippen molar-refractivity contribution in [1.29, 1.82) is 0 Å². The lowest BCUT2D eigenvalue weighted by atomic mass is 9.90. The molecule has 1 heterocycles. The first-order valence-electron chi connectivity index (χ1n) is 7.35. The van der Waals surface area contributed by atoms with E-state index >= 15 is 0 Å². The molecule has 0 saturated carbocycles. The predicted molar refractivity (Wildman–Crippen MR) is 73.9 cm³/mol. The smallest absolute Gasteiger partial charge is 0.326 e. The summed E-state index contributed by atoms with van der Waals surface area (Å²) in [4.78, 5) is 23.2. The van der Waals surface area contributed by atoms with Gasteiger partial charge in [0.25, 0.3) is 0 Å². The van der Waals surface area contributed by atoms with Crippen LogP contribution in [0.3, 0.4) is 0 Å². The van der Waals surface area contributed by atoms with Gasteiger partial charge in [0.15, 0.2) is 0 Å². The van der Waals surface area contributed by atoms with Crippen LogP contribution in [-0.2, 0) is 9.59 Å². The molecule has 1 rings (SSSR count). The van der Waals surface area contributed by atoms with Crippen molar-refractivity contribution in [2.45, 2.75) is 64.5 Å². The first-order chi connectivity index (χ1) is 9.08. The second kappa shape index (κ2) is 8.15. The summed E-state index contributed by atoms with van der Waals surface area (Å²) in [7, 11) is 0. The standard InChI is InChI=1S/C14H26N2O3/c1-3-5-6-11(14(18)19)16-13(17)12-9-10(4-2)7-8-15-12/h10-12,15H,3-9H2,1-2H3,(H,16,17)(H,18,19)/t10?,11-,12?/m0/s1. The molecule has 5 nitrogen and oxygen atoms in total. The molecule has 0 spiro atoms. The average Bonchev–Trinajstić information content (AvgIpc) is 2.42. The summed E-state index contributed by atoms with van der Waals surface area (Å²) in [6.07, 6.45) is 5.22. The van der Waals surface area contributed by atoms with Crippen molar-refractivity contribution in [2.24, 2.45) is 5.92 Å². The number of hydrogen-bond donors (Lipinski definition) is 3. The molecule has 0 bridgehead atoms.